The summed E-state index contributed by atoms with van der Waals surface area (Å²) in [4.78, 5) is 75.8. The van der Waals surface area contributed by atoms with Crippen molar-refractivity contribution in [2.75, 3.05) is 11.9 Å². The van der Waals surface area contributed by atoms with Crippen LogP contribution in [0.25, 0.3) is 77.4 Å². The number of rotatable bonds is 5. The van der Waals surface area contributed by atoms with Crippen LogP contribution in [-0.2, 0) is 161 Å². The fraction of sp³-hybridized carbons (Fsp3) is 0.214. The Kier molecular flexibility index (Phi) is 44.7. The molecule has 13 aromatic rings. The number of anilines is 1. The van der Waals surface area contributed by atoms with Gasteiger partial charge in [-0.3, -0.25) is 9.59 Å². The van der Waals surface area contributed by atoms with E-state index in [1.807, 2.05) is 140 Å². The van der Waals surface area contributed by atoms with E-state index in [4.69, 9.17) is 49.8 Å². The molecule has 6 heterocycles. The van der Waals surface area contributed by atoms with Crippen molar-refractivity contribution in [3.63, 3.8) is 0 Å². The van der Waals surface area contributed by atoms with Gasteiger partial charge in [0.25, 0.3) is 5.97 Å². The fourth-order valence-corrected chi connectivity index (χ4v) is 13.8. The van der Waals surface area contributed by atoms with Gasteiger partial charge in [-0.1, -0.05) is 122 Å². The summed E-state index contributed by atoms with van der Waals surface area (Å²) in [5.74, 6) is -6.74. The standard InChI is InChI=1S/2C17H18N.C15H15N2.C15H12N.C12H8.C11H8P.C4H7O2.C3H5O2.2C2H2O4.5Pt/c2*1-16(2)13-9-6-5-8-12(13)15-14(17(16,3)4)10-7-11-18-15;1-15(2)12-8-6-10-16-14(12)11-7-4-5-9-13(11)17(15)3;1-10-4-3-5-14-12(10)6-7-13-11(2)8-9-16-15(13)14;1-3-7-11(8-4-1)12-9-5-2-6-10-12;1-2-6-10(7-3-1)11-8-4-5-9-12-11;1-2-3-4(5)6;1-2-3(4)5;2*3-1(4)2(5)6;;;;;/h2*5-7,9-11H,1-4H3;4-6,8-10H,1-3H3;3-4,6-9H,1-2H3;1-7,9H;1-6,8-9H;1-3H2,(H,5,6);1-2H2,(H,4,5);2*(H,3,4)(H,5,6);;;;;/q4*-1;-2;3*-1;;;;;;;+2/p+1. The molecule has 1 unspecified atom stereocenters. The maximum atomic E-state index is 9.56. The van der Waals surface area contributed by atoms with E-state index < -0.39 is 35.8 Å². The summed E-state index contributed by atoms with van der Waals surface area (Å²) in [6.07, 6.45) is 8.10. The van der Waals surface area contributed by atoms with Crippen molar-refractivity contribution < 1.29 is 165 Å². The number of aliphatic carboxylic acids is 6. The van der Waals surface area contributed by atoms with E-state index in [2.05, 4.69) is 274 Å². The average Bonchev–Trinajstić information content (AvgIpc) is 0.724. The summed E-state index contributed by atoms with van der Waals surface area (Å²) in [6, 6.07) is 94.8. The predicted molar refractivity (Wildman–Crippen MR) is 461 cm³/mol. The number of carboxylic acids is 6. The van der Waals surface area contributed by atoms with Gasteiger partial charge in [-0.25, -0.2) is 30.3 Å². The fourth-order valence-electron chi connectivity index (χ4n) is 12.9. The minimum atomic E-state index is -1.82. The summed E-state index contributed by atoms with van der Waals surface area (Å²) in [7, 11) is 2.92. The average molecular weight is 2540 g/mol. The zero-order valence-electron chi connectivity index (χ0n) is 69.1. The molecule has 121 heavy (non-hydrogen) atoms. The van der Waals surface area contributed by atoms with Gasteiger partial charge in [0.2, 0.25) is 0 Å². The molecule has 6 N–H and O–H groups in total. The number of benzene rings is 8. The molecule has 1 atom stereocenters. The Balaban J connectivity index is 0.000000466. The van der Waals surface area contributed by atoms with Gasteiger partial charge in [-0.2, -0.15) is 55.0 Å². The largest absolute Gasteiger partial charge is 2.00 e. The molecule has 5 aromatic heterocycles. The predicted octanol–water partition coefficient (Wildman–Crippen LogP) is 21.0. The van der Waals surface area contributed by atoms with Gasteiger partial charge in [-0.15, -0.1) is 183 Å². The molecule has 0 bridgehead atoms. The molecule has 23 heteroatoms. The molecule has 3 aliphatic rings. The van der Waals surface area contributed by atoms with E-state index in [0.29, 0.717) is 6.42 Å². The molecule has 0 radical (unpaired) electrons. The van der Waals surface area contributed by atoms with E-state index in [1.165, 1.54) is 66.3 Å². The van der Waals surface area contributed by atoms with E-state index in [9.17, 15) is 9.59 Å². The quantitative estimate of drug-likeness (QED) is 0.0531. The molecule has 2 aliphatic carbocycles. The van der Waals surface area contributed by atoms with E-state index in [-0.39, 0.29) is 145 Å². The van der Waals surface area contributed by atoms with Crippen LogP contribution in [0.5, 0.6) is 0 Å². The summed E-state index contributed by atoms with van der Waals surface area (Å²) in [5, 5.41) is 50.1. The molecule has 17 nitrogen and oxygen atoms in total. The first-order valence-corrected chi connectivity index (χ1v) is 38.3. The van der Waals surface area contributed by atoms with E-state index in [0.717, 1.165) is 64.0 Å². The van der Waals surface area contributed by atoms with Crippen molar-refractivity contribution in [1.82, 2.24) is 19.9 Å². The first-order valence-electron chi connectivity index (χ1n) is 37.2. The van der Waals surface area contributed by atoms with Crippen molar-refractivity contribution >= 4 is 71.4 Å². The van der Waals surface area contributed by atoms with E-state index in [1.54, 1.807) is 0 Å². The number of pyridine rings is 4. The number of carbonyl (C=O) groups is 6. The van der Waals surface area contributed by atoms with Gasteiger partial charge in [-0.05, 0) is 125 Å². The van der Waals surface area contributed by atoms with Crippen LogP contribution < -0.4 is 4.90 Å². The minimum absolute atomic E-state index is 0. The van der Waals surface area contributed by atoms with Crippen LogP contribution in [-0.4, -0.2) is 93.4 Å². The molecule has 0 saturated carbocycles. The molecule has 16 rings (SSSR count). The molecule has 0 spiro atoms. The number of nitrogens with zero attached hydrogens (tertiary/aromatic N) is 5. The first kappa shape index (κ1) is 108. The van der Waals surface area contributed by atoms with Crippen molar-refractivity contribution in [3.05, 3.63) is 338 Å². The molecule has 0 fully saturated rings. The zero-order chi connectivity index (χ0) is 85.1. The molecular weight excluding hydrogens is 2450 g/mol. The molecule has 8 aromatic carbocycles. The molecule has 1 aliphatic heterocycles. The van der Waals surface area contributed by atoms with Crippen molar-refractivity contribution in [3.8, 4) is 55.8 Å². The van der Waals surface area contributed by atoms with Gasteiger partial charge in [0.15, 0.2) is 0 Å². The van der Waals surface area contributed by atoms with Crippen LogP contribution in [0.3, 0.4) is 0 Å². The van der Waals surface area contributed by atoms with Crippen molar-refractivity contribution in [2.45, 2.75) is 130 Å². The minimum Gasteiger partial charge on any atom is -0.483 e. The Morgan fingerprint density at radius 3 is 1.17 bits per heavy atom. The second kappa shape index (κ2) is 50.2. The Morgan fingerprint density at radius 1 is 0.388 bits per heavy atom. The number of hydrogen-bond donors (Lipinski definition) is 6. The zero-order valence-corrected chi connectivity index (χ0v) is 81.4. The maximum Gasteiger partial charge on any atom is 2.00 e. The topological polar surface area (TPSA) is 279 Å². The monoisotopic (exact) mass is 2540 g/mol. The van der Waals surface area contributed by atoms with Gasteiger partial charge in [0.05, 0.1) is 13.5 Å². The molecule has 0 saturated heterocycles. The van der Waals surface area contributed by atoms with Crippen LogP contribution in [0.15, 0.2) is 243 Å². The van der Waals surface area contributed by atoms with E-state index >= 15 is 0 Å². The first-order chi connectivity index (χ1) is 55.1. The number of hydrogen-bond acceptors (Lipinski definition) is 11. The number of aryl methyl sites for hydroxylation is 2. The molecular formula is C98H96N5O12PPt5-6. The Morgan fingerprint density at radius 2 is 0.769 bits per heavy atom. The maximum absolute atomic E-state index is 9.56. The second-order valence-corrected chi connectivity index (χ2v) is 30.5. The third-order valence-electron chi connectivity index (χ3n) is 20.9. The smallest absolute Gasteiger partial charge is 0.483 e. The van der Waals surface area contributed by atoms with Crippen molar-refractivity contribution in [1.29, 1.82) is 0 Å². The number of carboxylic acid groups (broad SMARTS) is 6. The number of fused-ring (bicyclic) bond motifs is 12. The summed E-state index contributed by atoms with van der Waals surface area (Å²) in [5.41, 5.74) is 21.8. The Hall–Kier alpha value is -9.41. The SMILES string of the molecule is CC1(C)c2ccc[c-]c2-c2ncccc2C1(C)C.CC1(C)c2ccc[c-]c2-c2ncccc2C1(C)C.CN1c2ccc[c-]c2-c2ncccc2C1(C)C.Cc1cc[c-]c2c1ccc1c(C)ccnc12.O=C(O)C(=O)O.O=C(O)C(=O)O.[CH2-]CC(=O)O.[CH2-]CCC(=O)O.[Pt+2].[Pt].[Pt].[Pt].[Pt].[c-]1ccccc1-c1[c-]cccc1.[c-]1ccccc1-c1cccc[pH+]1. The van der Waals surface area contributed by atoms with Gasteiger partial charge >= 0.3 is 50.9 Å². The normalized spacial score (nSPS) is 12.8. The summed E-state index contributed by atoms with van der Waals surface area (Å²) in [6.45, 7) is 33.6. The van der Waals surface area contributed by atoms with Crippen LogP contribution in [0, 0.1) is 70.2 Å². The van der Waals surface area contributed by atoms with Gasteiger partial charge < -0.3 is 69.3 Å². The van der Waals surface area contributed by atoms with Gasteiger partial charge in [0.1, 0.15) is 5.80 Å². The van der Waals surface area contributed by atoms with Crippen LogP contribution in [0.4, 0.5) is 5.69 Å². The van der Waals surface area contributed by atoms with Crippen LogP contribution in [0.1, 0.15) is 127 Å². The summed E-state index contributed by atoms with van der Waals surface area (Å²) < 4.78 is 0. The van der Waals surface area contributed by atoms with Crippen molar-refractivity contribution in [2.24, 2.45) is 0 Å². The van der Waals surface area contributed by atoms with Gasteiger partial charge in [0, 0.05) is 121 Å². The molecule has 646 valence electrons. The molecule has 0 amide bonds. The number of aromatic nitrogens is 4. The third-order valence-corrected chi connectivity index (χ3v) is 22.0. The van der Waals surface area contributed by atoms with Crippen LogP contribution in [0.2, 0.25) is 0 Å². The second-order valence-electron chi connectivity index (χ2n) is 29.3. The third kappa shape index (κ3) is 27.8. The van der Waals surface area contributed by atoms with Crippen LogP contribution >= 0.6 is 8.19 Å². The summed E-state index contributed by atoms with van der Waals surface area (Å²) >= 11 is 0. The Bertz CT molecular complexity index is 5030. The Labute approximate surface area is 784 Å².